The van der Waals surface area contributed by atoms with Crippen LogP contribution >= 0.6 is 0 Å². The van der Waals surface area contributed by atoms with Gasteiger partial charge >= 0.3 is 5.97 Å². The van der Waals surface area contributed by atoms with Crippen molar-refractivity contribution in [2.45, 2.75) is 83.5 Å². The number of hydrogen-bond acceptors (Lipinski definition) is 5. The number of aliphatic hydroxyl groups excluding tert-OH is 2. The molecule has 0 aromatic rings. The third-order valence-corrected chi connectivity index (χ3v) is 5.65. The molecule has 0 aromatic heterocycles. The van der Waals surface area contributed by atoms with E-state index in [1.165, 1.54) is 7.11 Å². The number of aliphatic hydroxyl groups is 3. The number of esters is 1. The lowest BCUT2D eigenvalue weighted by atomic mass is 9.84. The van der Waals surface area contributed by atoms with Gasteiger partial charge in [0, 0.05) is 5.57 Å². The molecule has 0 saturated heterocycles. The zero-order valence-electron chi connectivity index (χ0n) is 17.2. The molecule has 0 fully saturated rings. The zero-order chi connectivity index (χ0) is 20.6. The van der Waals surface area contributed by atoms with Crippen LogP contribution in [0.5, 0.6) is 0 Å². The Balaban J connectivity index is 3.04. The largest absolute Gasteiger partial charge is 0.466 e. The monoisotopic (exact) mass is 380 g/mol. The maximum Gasteiger partial charge on any atom is 0.333 e. The molecule has 0 bridgehead atoms. The Bertz CT molecular complexity index is 573. The quantitative estimate of drug-likeness (QED) is 0.388. The van der Waals surface area contributed by atoms with Crippen LogP contribution in [0.4, 0.5) is 0 Å². The van der Waals surface area contributed by atoms with Crippen LogP contribution in [-0.2, 0) is 9.53 Å². The molecule has 4 atom stereocenters. The predicted octanol–water partition coefficient (Wildman–Crippen LogP) is 3.44. The summed E-state index contributed by atoms with van der Waals surface area (Å²) in [6, 6.07) is 0. The van der Waals surface area contributed by atoms with Crippen molar-refractivity contribution in [3.05, 3.63) is 35.5 Å². The SMILES string of the molecule is C=C(C(=O)OC)[C@@H]1CCC[C@@](C)(O)[C@@H](O)CC/C(C)=C/C/C=C(\C)[C@@H](O)C1. The number of carbonyl (C=O) groups is 1. The molecule has 5 heteroatoms. The summed E-state index contributed by atoms with van der Waals surface area (Å²) in [6.07, 6.45) is 6.47. The van der Waals surface area contributed by atoms with Crippen LogP contribution in [0.3, 0.4) is 0 Å². The molecule has 0 saturated carbocycles. The number of carbonyl (C=O) groups excluding carboxylic acids is 1. The summed E-state index contributed by atoms with van der Waals surface area (Å²) in [5.74, 6) is -0.719. The Kier molecular flexibility index (Phi) is 9.43. The van der Waals surface area contributed by atoms with Crippen LogP contribution in [-0.4, -0.2) is 46.2 Å². The molecule has 1 aliphatic carbocycles. The van der Waals surface area contributed by atoms with Gasteiger partial charge in [-0.25, -0.2) is 4.79 Å². The Hall–Kier alpha value is -1.43. The first-order valence-electron chi connectivity index (χ1n) is 9.76. The third kappa shape index (κ3) is 7.60. The number of rotatable bonds is 2. The molecule has 0 aliphatic heterocycles. The van der Waals surface area contributed by atoms with E-state index in [0.717, 1.165) is 11.1 Å². The van der Waals surface area contributed by atoms with E-state index in [4.69, 9.17) is 4.74 Å². The molecule has 1 rings (SSSR count). The molecule has 0 aromatic carbocycles. The molecule has 154 valence electrons. The van der Waals surface area contributed by atoms with Crippen LogP contribution in [0.2, 0.25) is 0 Å². The molecule has 0 unspecified atom stereocenters. The van der Waals surface area contributed by atoms with Gasteiger partial charge in [0.05, 0.1) is 24.9 Å². The molecule has 0 amide bonds. The highest BCUT2D eigenvalue weighted by molar-refractivity contribution is 5.88. The van der Waals surface area contributed by atoms with Crippen LogP contribution in [0.15, 0.2) is 35.5 Å². The first kappa shape index (κ1) is 23.6. The first-order valence-corrected chi connectivity index (χ1v) is 9.76. The van der Waals surface area contributed by atoms with Crippen LogP contribution in [0, 0.1) is 5.92 Å². The van der Waals surface area contributed by atoms with E-state index in [9.17, 15) is 20.1 Å². The Morgan fingerprint density at radius 1 is 1.26 bits per heavy atom. The Morgan fingerprint density at radius 2 is 1.93 bits per heavy atom. The van der Waals surface area contributed by atoms with Gasteiger partial charge < -0.3 is 20.1 Å². The molecule has 0 radical (unpaired) electrons. The number of allylic oxidation sites excluding steroid dienone is 3. The lowest BCUT2D eigenvalue weighted by Crippen LogP contribution is -2.39. The van der Waals surface area contributed by atoms with E-state index in [1.807, 2.05) is 19.9 Å². The summed E-state index contributed by atoms with van der Waals surface area (Å²) in [7, 11) is 1.32. The highest BCUT2D eigenvalue weighted by Gasteiger charge is 2.31. The summed E-state index contributed by atoms with van der Waals surface area (Å²) in [5, 5.41) is 31.6. The minimum Gasteiger partial charge on any atom is -0.466 e. The van der Waals surface area contributed by atoms with Crippen LogP contribution in [0.25, 0.3) is 0 Å². The minimum atomic E-state index is -1.19. The van der Waals surface area contributed by atoms with Crippen molar-refractivity contribution in [1.29, 1.82) is 0 Å². The third-order valence-electron chi connectivity index (χ3n) is 5.65. The normalized spacial score (nSPS) is 35.6. The zero-order valence-corrected chi connectivity index (χ0v) is 17.2. The Labute approximate surface area is 163 Å². The summed E-state index contributed by atoms with van der Waals surface area (Å²) < 4.78 is 4.79. The lowest BCUT2D eigenvalue weighted by molar-refractivity contribution is -0.136. The standard InChI is InChI=1S/C22H36O5/c1-15-8-6-9-16(2)19(23)14-18(17(3)21(25)27-5)10-7-13-22(4,26)20(24)12-11-15/h8-9,18-20,23-24,26H,3,6-7,10-14H2,1-2,4-5H3/b15-8+,16-9+/t18-,19+,20+,22-/m1/s1. The van der Waals surface area contributed by atoms with E-state index >= 15 is 0 Å². The van der Waals surface area contributed by atoms with Gasteiger partial charge in [-0.05, 0) is 77.2 Å². The summed E-state index contributed by atoms with van der Waals surface area (Å²) in [4.78, 5) is 11.9. The maximum atomic E-state index is 11.9. The van der Waals surface area contributed by atoms with Crippen molar-refractivity contribution in [1.82, 2.24) is 0 Å². The molecule has 1 aliphatic rings. The molecule has 0 spiro atoms. The van der Waals surface area contributed by atoms with Crippen molar-refractivity contribution < 1.29 is 24.9 Å². The predicted molar refractivity (Wildman–Crippen MR) is 107 cm³/mol. The van der Waals surface area contributed by atoms with E-state index in [-0.39, 0.29) is 5.92 Å². The fraction of sp³-hybridized carbons (Fsp3) is 0.682. The van der Waals surface area contributed by atoms with Crippen molar-refractivity contribution in [2.75, 3.05) is 7.11 Å². The topological polar surface area (TPSA) is 87.0 Å². The Morgan fingerprint density at radius 3 is 2.56 bits per heavy atom. The van der Waals surface area contributed by atoms with Gasteiger partial charge in [-0.1, -0.05) is 24.3 Å². The summed E-state index contributed by atoms with van der Waals surface area (Å²) in [5.41, 5.74) is 1.16. The van der Waals surface area contributed by atoms with Crippen molar-refractivity contribution >= 4 is 5.97 Å². The number of methoxy groups -OCH3 is 1. The van der Waals surface area contributed by atoms with E-state index < -0.39 is 23.8 Å². The molecule has 27 heavy (non-hydrogen) atoms. The van der Waals surface area contributed by atoms with E-state index in [0.29, 0.717) is 50.5 Å². The molecular weight excluding hydrogens is 344 g/mol. The maximum absolute atomic E-state index is 11.9. The average molecular weight is 381 g/mol. The second kappa shape index (κ2) is 10.8. The summed E-state index contributed by atoms with van der Waals surface area (Å²) >= 11 is 0. The van der Waals surface area contributed by atoms with Gasteiger partial charge in [0.1, 0.15) is 0 Å². The van der Waals surface area contributed by atoms with Crippen molar-refractivity contribution in [2.24, 2.45) is 5.92 Å². The van der Waals surface area contributed by atoms with Crippen molar-refractivity contribution in [3.8, 4) is 0 Å². The number of hydrogen-bond donors (Lipinski definition) is 3. The smallest absolute Gasteiger partial charge is 0.333 e. The van der Waals surface area contributed by atoms with E-state index in [2.05, 4.69) is 12.7 Å². The van der Waals surface area contributed by atoms with Crippen LogP contribution < -0.4 is 0 Å². The van der Waals surface area contributed by atoms with Crippen LogP contribution in [0.1, 0.15) is 65.7 Å². The number of ether oxygens (including phenoxy) is 1. The van der Waals surface area contributed by atoms with Gasteiger partial charge in [-0.15, -0.1) is 0 Å². The molecular formula is C22H36O5. The summed E-state index contributed by atoms with van der Waals surface area (Å²) in [6.45, 7) is 9.41. The molecule has 5 nitrogen and oxygen atoms in total. The highest BCUT2D eigenvalue weighted by Crippen LogP contribution is 2.29. The molecule has 3 N–H and O–H groups in total. The van der Waals surface area contributed by atoms with Gasteiger partial charge in [0.25, 0.3) is 0 Å². The average Bonchev–Trinajstić information content (AvgIpc) is 2.62. The second-order valence-corrected chi connectivity index (χ2v) is 8.00. The fourth-order valence-electron chi connectivity index (χ4n) is 3.42. The molecule has 0 heterocycles. The van der Waals surface area contributed by atoms with Crippen molar-refractivity contribution in [3.63, 3.8) is 0 Å². The van der Waals surface area contributed by atoms with Gasteiger partial charge in [-0.2, -0.15) is 0 Å². The fourth-order valence-corrected chi connectivity index (χ4v) is 3.42. The van der Waals surface area contributed by atoms with Gasteiger partial charge in [0.2, 0.25) is 0 Å². The lowest BCUT2D eigenvalue weighted by Gasteiger charge is -2.30. The minimum absolute atomic E-state index is 0.244. The first-order chi connectivity index (χ1) is 12.6. The van der Waals surface area contributed by atoms with E-state index in [1.54, 1.807) is 6.92 Å². The highest BCUT2D eigenvalue weighted by atomic mass is 16.5. The van der Waals surface area contributed by atoms with Gasteiger partial charge in [0.15, 0.2) is 0 Å². The second-order valence-electron chi connectivity index (χ2n) is 8.00. The van der Waals surface area contributed by atoms with Gasteiger partial charge in [-0.3, -0.25) is 0 Å².